The van der Waals surface area contributed by atoms with Crippen LogP contribution >= 0.6 is 0 Å². The van der Waals surface area contributed by atoms with Crippen molar-refractivity contribution in [2.24, 2.45) is 0 Å². The molecule has 1 fully saturated rings. The molecule has 1 saturated heterocycles. The fraction of sp³-hybridized carbons (Fsp3) is 0.833. The van der Waals surface area contributed by atoms with Gasteiger partial charge in [-0.25, -0.2) is 4.79 Å². The molecule has 1 rings (SSSR count). The fourth-order valence-corrected chi connectivity index (χ4v) is 3.68. The molecule has 32 heavy (non-hydrogen) atoms. The third kappa shape index (κ3) is 11.4. The number of ether oxygens (including phenoxy) is 2. The number of aliphatic hydroxyl groups is 3. The third-order valence-electron chi connectivity index (χ3n) is 5.70. The number of carbonyl (C=O) groups excluding carboxylic acids is 1. The van der Waals surface area contributed by atoms with Gasteiger partial charge in [-0.05, 0) is 32.1 Å². The summed E-state index contributed by atoms with van der Waals surface area (Å²) in [5.41, 5.74) is 0. The monoisotopic (exact) mass is 458 g/mol. The molecule has 0 aromatic rings. The summed E-state index contributed by atoms with van der Waals surface area (Å²) in [7, 11) is 0. The van der Waals surface area contributed by atoms with Gasteiger partial charge in [0, 0.05) is 6.42 Å². The van der Waals surface area contributed by atoms with E-state index >= 15 is 0 Å². The molecule has 1 aliphatic heterocycles. The highest BCUT2D eigenvalue weighted by molar-refractivity contribution is 5.73. The Morgan fingerprint density at radius 1 is 0.781 bits per heavy atom. The minimum atomic E-state index is -1.80. The Labute approximate surface area is 191 Å². The molecular weight excluding hydrogens is 416 g/mol. The second-order valence-corrected chi connectivity index (χ2v) is 8.56. The Morgan fingerprint density at radius 2 is 1.31 bits per heavy atom. The summed E-state index contributed by atoms with van der Waals surface area (Å²) in [4.78, 5) is 23.0. The largest absolute Gasteiger partial charge is 0.479 e. The Balaban J connectivity index is 2.04. The quantitative estimate of drug-likeness (QED) is 0.148. The predicted molar refractivity (Wildman–Crippen MR) is 120 cm³/mol. The number of carboxylic acids is 1. The number of carboxylic acid groups (broad SMARTS) is 1. The van der Waals surface area contributed by atoms with Crippen LogP contribution in [-0.2, 0) is 19.1 Å². The van der Waals surface area contributed by atoms with Gasteiger partial charge in [0.05, 0.1) is 0 Å². The van der Waals surface area contributed by atoms with Crippen molar-refractivity contribution in [3.8, 4) is 0 Å². The van der Waals surface area contributed by atoms with E-state index in [-0.39, 0.29) is 6.42 Å². The first-order chi connectivity index (χ1) is 15.4. The van der Waals surface area contributed by atoms with Crippen molar-refractivity contribution in [3.63, 3.8) is 0 Å². The van der Waals surface area contributed by atoms with Crippen LogP contribution < -0.4 is 0 Å². The summed E-state index contributed by atoms with van der Waals surface area (Å²) in [6.07, 6.45) is 10.8. The van der Waals surface area contributed by atoms with E-state index in [9.17, 15) is 24.9 Å². The first-order valence-corrected chi connectivity index (χ1v) is 12.2. The third-order valence-corrected chi connectivity index (χ3v) is 5.70. The van der Waals surface area contributed by atoms with Crippen LogP contribution in [0.5, 0.6) is 0 Å². The lowest BCUT2D eigenvalue weighted by atomic mass is 9.99. The van der Waals surface area contributed by atoms with Crippen LogP contribution in [0.3, 0.4) is 0 Å². The molecule has 0 bridgehead atoms. The van der Waals surface area contributed by atoms with Crippen LogP contribution in [0.15, 0.2) is 12.2 Å². The summed E-state index contributed by atoms with van der Waals surface area (Å²) in [6, 6.07) is 0. The molecule has 0 aromatic heterocycles. The van der Waals surface area contributed by atoms with Gasteiger partial charge in [-0.3, -0.25) is 4.79 Å². The number of carbonyl (C=O) groups is 2. The number of rotatable bonds is 17. The van der Waals surface area contributed by atoms with Gasteiger partial charge in [-0.2, -0.15) is 0 Å². The summed E-state index contributed by atoms with van der Waals surface area (Å²) >= 11 is 0. The van der Waals surface area contributed by atoms with E-state index in [4.69, 9.17) is 14.6 Å². The molecule has 5 atom stereocenters. The normalized spacial score (nSPS) is 25.8. The molecule has 0 aliphatic carbocycles. The summed E-state index contributed by atoms with van der Waals surface area (Å²) in [6.45, 7) is 2.23. The molecule has 8 nitrogen and oxygen atoms in total. The highest BCUT2D eigenvalue weighted by atomic mass is 16.7. The smallest absolute Gasteiger partial charge is 0.335 e. The molecule has 1 heterocycles. The van der Waals surface area contributed by atoms with Crippen molar-refractivity contribution in [1.29, 1.82) is 0 Å². The highest BCUT2D eigenvalue weighted by Crippen LogP contribution is 2.23. The van der Waals surface area contributed by atoms with E-state index in [0.29, 0.717) is 6.42 Å². The number of allylic oxidation sites excluding steroid dienone is 2. The number of hydrogen-bond acceptors (Lipinski definition) is 7. The molecule has 0 aromatic carbocycles. The molecule has 1 aliphatic rings. The van der Waals surface area contributed by atoms with Crippen molar-refractivity contribution < 1.29 is 39.5 Å². The molecule has 4 N–H and O–H groups in total. The molecule has 0 saturated carbocycles. The van der Waals surface area contributed by atoms with Gasteiger partial charge >= 0.3 is 11.9 Å². The van der Waals surface area contributed by atoms with Gasteiger partial charge in [-0.1, -0.05) is 70.4 Å². The fourth-order valence-electron chi connectivity index (χ4n) is 3.68. The lowest BCUT2D eigenvalue weighted by Crippen LogP contribution is -2.60. The van der Waals surface area contributed by atoms with Crippen LogP contribution in [0.1, 0.15) is 96.8 Å². The van der Waals surface area contributed by atoms with E-state index in [2.05, 4.69) is 19.1 Å². The first kappa shape index (κ1) is 28.6. The molecular formula is C24H42O8. The molecule has 0 spiro atoms. The van der Waals surface area contributed by atoms with E-state index in [1.165, 1.54) is 38.5 Å². The summed E-state index contributed by atoms with van der Waals surface area (Å²) in [5.74, 6) is -2.15. The molecule has 186 valence electrons. The first-order valence-electron chi connectivity index (χ1n) is 12.2. The van der Waals surface area contributed by atoms with Crippen molar-refractivity contribution in [3.05, 3.63) is 12.2 Å². The lowest BCUT2D eigenvalue weighted by Gasteiger charge is -2.37. The van der Waals surface area contributed by atoms with Crippen molar-refractivity contribution in [2.45, 2.75) is 128 Å². The summed E-state index contributed by atoms with van der Waals surface area (Å²) in [5, 5.41) is 38.2. The Morgan fingerprint density at radius 3 is 1.88 bits per heavy atom. The molecule has 0 radical (unpaired) electrons. The molecule has 8 heteroatoms. The zero-order chi connectivity index (χ0) is 23.8. The number of aliphatic hydroxyl groups excluding tert-OH is 3. The minimum absolute atomic E-state index is 0.112. The van der Waals surface area contributed by atoms with Crippen LogP contribution in [0.4, 0.5) is 0 Å². The van der Waals surface area contributed by atoms with Gasteiger partial charge in [0.1, 0.15) is 18.3 Å². The Bertz CT molecular complexity index is 550. The maximum absolute atomic E-state index is 11.9. The van der Waals surface area contributed by atoms with E-state index in [1.807, 2.05) is 0 Å². The van der Waals surface area contributed by atoms with Gasteiger partial charge in [0.15, 0.2) is 6.10 Å². The summed E-state index contributed by atoms with van der Waals surface area (Å²) < 4.78 is 9.90. The number of hydrogen-bond donors (Lipinski definition) is 4. The average molecular weight is 459 g/mol. The average Bonchev–Trinajstić information content (AvgIpc) is 2.76. The van der Waals surface area contributed by atoms with E-state index < -0.39 is 42.6 Å². The number of aliphatic carboxylic acids is 1. The standard InChI is InChI=1S/C24H42O8/c1-2-3-4-5-6-7-8-9-10-11-12-13-14-15-16-17-18(25)31-24-21(28)19(26)20(27)22(32-24)23(29)30/h9-10,19-22,24,26-28H,2-8,11-17H2,1H3,(H,29,30)/b10-9+/t19-,20-,21+,22-,24+/m0/s1. The second kappa shape index (κ2) is 17.1. The molecule has 0 unspecified atom stereocenters. The number of unbranched alkanes of at least 4 members (excludes halogenated alkanes) is 11. The highest BCUT2D eigenvalue weighted by Gasteiger charge is 2.48. The Hall–Kier alpha value is -1.48. The maximum atomic E-state index is 11.9. The van der Waals surface area contributed by atoms with Crippen LogP contribution in [-0.4, -0.2) is 63.1 Å². The van der Waals surface area contributed by atoms with Crippen LogP contribution in [0.25, 0.3) is 0 Å². The van der Waals surface area contributed by atoms with Gasteiger partial charge in [0.25, 0.3) is 0 Å². The van der Waals surface area contributed by atoms with Gasteiger partial charge in [0.2, 0.25) is 6.29 Å². The molecule has 0 amide bonds. The van der Waals surface area contributed by atoms with Crippen LogP contribution in [0, 0.1) is 0 Å². The maximum Gasteiger partial charge on any atom is 0.335 e. The van der Waals surface area contributed by atoms with Crippen LogP contribution in [0.2, 0.25) is 0 Å². The zero-order valence-corrected chi connectivity index (χ0v) is 19.4. The second-order valence-electron chi connectivity index (χ2n) is 8.56. The van der Waals surface area contributed by atoms with Crippen molar-refractivity contribution in [1.82, 2.24) is 0 Å². The Kier molecular flexibility index (Phi) is 15.2. The topological polar surface area (TPSA) is 134 Å². The zero-order valence-electron chi connectivity index (χ0n) is 19.4. The van der Waals surface area contributed by atoms with E-state index in [1.54, 1.807) is 0 Å². The van der Waals surface area contributed by atoms with Gasteiger partial charge < -0.3 is 29.9 Å². The lowest BCUT2D eigenvalue weighted by molar-refractivity contribution is -0.286. The minimum Gasteiger partial charge on any atom is -0.479 e. The van der Waals surface area contributed by atoms with Crippen molar-refractivity contribution in [2.75, 3.05) is 0 Å². The van der Waals surface area contributed by atoms with E-state index in [0.717, 1.165) is 38.5 Å². The van der Waals surface area contributed by atoms with Crippen molar-refractivity contribution >= 4 is 11.9 Å². The van der Waals surface area contributed by atoms with Gasteiger partial charge in [-0.15, -0.1) is 0 Å². The number of esters is 1. The SMILES string of the molecule is CCCCCCCC/C=C/CCCCCCCC(=O)O[C@@H]1O[C@H](C(=O)O)[C@@H](O)[C@H](O)[C@H]1O. The predicted octanol–water partition coefficient (Wildman–Crippen LogP) is 3.46.